The van der Waals surface area contributed by atoms with Crippen molar-refractivity contribution in [3.63, 3.8) is 0 Å². The van der Waals surface area contributed by atoms with Crippen LogP contribution in [0, 0.1) is 69.0 Å². The van der Waals surface area contributed by atoms with Crippen LogP contribution >= 0.6 is 0 Å². The van der Waals surface area contributed by atoms with Gasteiger partial charge in [0, 0.05) is 0 Å². The highest BCUT2D eigenvalue weighted by molar-refractivity contribution is 5.69. The Morgan fingerprint density at radius 1 is 0.812 bits per heavy atom. The molecule has 0 aliphatic heterocycles. The van der Waals surface area contributed by atoms with Gasteiger partial charge in [0.25, 0.3) is 0 Å². The first kappa shape index (κ1) is 6.25. The predicted octanol–water partition coefficient (Wildman–Crippen LogP) is 2.54. The fourth-order valence-electron chi connectivity index (χ4n) is 12.3. The van der Waals surface area contributed by atoms with Crippen LogP contribution in [0.2, 0.25) is 0 Å². The average Bonchev–Trinajstić information content (AvgIpc) is 2.76. The molecule has 9 aliphatic carbocycles. The van der Waals surface area contributed by atoms with E-state index in [9.17, 15) is 0 Å². The first-order valence-corrected chi connectivity index (χ1v) is 7.91. The van der Waals surface area contributed by atoms with Crippen molar-refractivity contribution >= 4 is 0 Å². The third-order valence-electron chi connectivity index (χ3n) is 11.3. The highest BCUT2D eigenvalue weighted by Gasteiger charge is 3.23. The number of hydrogen-bond acceptors (Lipinski definition) is 0. The smallest absolute Gasteiger partial charge is 0.00965 e. The summed E-state index contributed by atoms with van der Waals surface area (Å²) in [6.45, 7) is 0. The van der Waals surface area contributed by atoms with E-state index in [0.717, 1.165) is 21.7 Å². The van der Waals surface area contributed by atoms with Crippen LogP contribution in [0.25, 0.3) is 0 Å². The Balaban J connectivity index is 1.47. The van der Waals surface area contributed by atoms with Crippen molar-refractivity contribution in [1.29, 1.82) is 0 Å². The maximum Gasteiger partial charge on any atom is -0.00965 e. The van der Waals surface area contributed by atoms with E-state index in [-0.39, 0.29) is 0 Å². The Morgan fingerprint density at radius 3 is 2.38 bits per heavy atom. The van der Waals surface area contributed by atoms with Gasteiger partial charge >= 0.3 is 0 Å². The second kappa shape index (κ2) is 1.09. The van der Waals surface area contributed by atoms with E-state index in [1.807, 2.05) is 0 Å². The summed E-state index contributed by atoms with van der Waals surface area (Å²) in [7, 11) is 0. The number of fused-ring (bicyclic) bond motifs is 5. The molecule has 0 radical (unpaired) electrons. The van der Waals surface area contributed by atoms with Crippen LogP contribution in [-0.2, 0) is 0 Å². The summed E-state index contributed by atoms with van der Waals surface area (Å²) in [4.78, 5) is 0. The molecule has 9 saturated carbocycles. The predicted molar refractivity (Wildman–Crippen MR) is 56.1 cm³/mol. The molecule has 0 bridgehead atoms. The Hall–Kier alpha value is 0. The van der Waals surface area contributed by atoms with E-state index in [1.165, 1.54) is 47.3 Å². The Kier molecular flexibility index (Phi) is 0.425. The summed E-state index contributed by atoms with van der Waals surface area (Å²) in [6.07, 6.45) is 6.76. The standard InChI is InChI=1S/C16H16/c1-2-13-6(1)9-10-7-3-5-4-8-11-12(13)16(9,13)15(10,11)14(5,7)8/h5-12H,1-4H2. The van der Waals surface area contributed by atoms with Gasteiger partial charge in [-0.2, -0.15) is 0 Å². The van der Waals surface area contributed by atoms with Gasteiger partial charge in [0.15, 0.2) is 0 Å². The van der Waals surface area contributed by atoms with E-state index in [1.54, 1.807) is 25.7 Å². The molecule has 80 valence electrons. The highest BCUT2D eigenvalue weighted by atomic mass is 15.3. The van der Waals surface area contributed by atoms with Gasteiger partial charge in [-0.1, -0.05) is 0 Å². The van der Waals surface area contributed by atoms with E-state index in [0.29, 0.717) is 0 Å². The zero-order valence-corrected chi connectivity index (χ0v) is 9.45. The molecule has 0 saturated heterocycles. The van der Waals surface area contributed by atoms with Crippen LogP contribution < -0.4 is 0 Å². The molecule has 0 aromatic carbocycles. The molecular formula is C16H16. The minimum absolute atomic E-state index is 1.07. The lowest BCUT2D eigenvalue weighted by Gasteiger charge is -3.09. The average molecular weight is 208 g/mol. The van der Waals surface area contributed by atoms with Crippen LogP contribution in [0.1, 0.15) is 25.7 Å². The topological polar surface area (TPSA) is 0 Å². The number of rotatable bonds is 0. The molecule has 4 spiro atoms. The molecule has 0 amide bonds. The lowest BCUT2D eigenvalue weighted by atomic mass is 8.95. The zero-order valence-electron chi connectivity index (χ0n) is 9.45. The van der Waals surface area contributed by atoms with Crippen LogP contribution in [0.5, 0.6) is 0 Å². The first-order chi connectivity index (χ1) is 7.91. The van der Waals surface area contributed by atoms with Crippen LogP contribution in [0.4, 0.5) is 0 Å². The monoisotopic (exact) mass is 208 g/mol. The molecule has 16 heavy (non-hydrogen) atoms. The summed E-state index contributed by atoms with van der Waals surface area (Å²) in [5.74, 6) is 10.6. The Morgan fingerprint density at radius 2 is 1.62 bits per heavy atom. The molecule has 0 aromatic rings. The van der Waals surface area contributed by atoms with Crippen molar-refractivity contribution in [2.24, 2.45) is 69.0 Å². The summed E-state index contributed by atoms with van der Waals surface area (Å²) in [5.41, 5.74) is 4.35. The molecule has 12 unspecified atom stereocenters. The van der Waals surface area contributed by atoms with Crippen LogP contribution in [-0.4, -0.2) is 0 Å². The van der Waals surface area contributed by atoms with Crippen molar-refractivity contribution in [3.8, 4) is 0 Å². The lowest BCUT2D eigenvalue weighted by molar-refractivity contribution is -0.628. The molecule has 9 fully saturated rings. The van der Waals surface area contributed by atoms with Crippen LogP contribution in [0.15, 0.2) is 0 Å². The summed E-state index contributed by atoms with van der Waals surface area (Å²) >= 11 is 0. The van der Waals surface area contributed by atoms with Gasteiger partial charge in [0.2, 0.25) is 0 Å². The van der Waals surface area contributed by atoms with Gasteiger partial charge in [-0.25, -0.2) is 0 Å². The third-order valence-corrected chi connectivity index (χ3v) is 11.3. The van der Waals surface area contributed by atoms with Crippen molar-refractivity contribution in [2.75, 3.05) is 0 Å². The molecule has 0 nitrogen and oxygen atoms in total. The van der Waals surface area contributed by atoms with Gasteiger partial charge in [-0.3, -0.25) is 0 Å². The van der Waals surface area contributed by atoms with E-state index in [2.05, 4.69) is 0 Å². The van der Waals surface area contributed by atoms with Crippen LogP contribution in [0.3, 0.4) is 0 Å². The van der Waals surface area contributed by atoms with Gasteiger partial charge in [0.1, 0.15) is 0 Å². The third kappa shape index (κ3) is 0.185. The summed E-state index contributed by atoms with van der Waals surface area (Å²) < 4.78 is 0. The molecular weight excluding hydrogens is 192 g/mol. The second-order valence-electron chi connectivity index (χ2n) is 9.29. The lowest BCUT2D eigenvalue weighted by Crippen LogP contribution is -3.06. The molecule has 9 rings (SSSR count). The molecule has 0 heterocycles. The minimum Gasteiger partial charge on any atom is -0.0490 e. The molecule has 0 aromatic heterocycles. The molecule has 0 N–H and O–H groups in total. The largest absolute Gasteiger partial charge is 0.0490 e. The minimum atomic E-state index is 1.07. The van der Waals surface area contributed by atoms with E-state index < -0.39 is 0 Å². The fourth-order valence-corrected chi connectivity index (χ4v) is 12.3. The van der Waals surface area contributed by atoms with Gasteiger partial charge in [-0.05, 0) is 94.7 Å². The second-order valence-corrected chi connectivity index (χ2v) is 9.29. The van der Waals surface area contributed by atoms with Crippen molar-refractivity contribution in [1.82, 2.24) is 0 Å². The fraction of sp³-hybridized carbons (Fsp3) is 1.00. The quantitative estimate of drug-likeness (QED) is 0.574. The molecule has 0 heteroatoms. The number of hydrogen-bond donors (Lipinski definition) is 0. The Labute approximate surface area is 95.2 Å². The zero-order chi connectivity index (χ0) is 9.45. The SMILES string of the molecule is C1CC23C1C1C4C5CC6CC7C8C2C13C48C657. The van der Waals surface area contributed by atoms with Gasteiger partial charge < -0.3 is 0 Å². The Bertz CT molecular complexity index is 563. The van der Waals surface area contributed by atoms with Crippen molar-refractivity contribution < 1.29 is 0 Å². The summed E-state index contributed by atoms with van der Waals surface area (Å²) in [5, 5.41) is 0. The molecule has 9 aliphatic rings. The molecule has 12 atom stereocenters. The van der Waals surface area contributed by atoms with Crippen molar-refractivity contribution in [2.45, 2.75) is 25.7 Å². The van der Waals surface area contributed by atoms with E-state index >= 15 is 0 Å². The summed E-state index contributed by atoms with van der Waals surface area (Å²) in [6, 6.07) is 0. The maximum atomic E-state index is 1.70. The highest BCUT2D eigenvalue weighted by Crippen LogP contribution is 3.26. The van der Waals surface area contributed by atoms with Gasteiger partial charge in [0.05, 0.1) is 0 Å². The normalized spacial score (nSPS) is 108. The van der Waals surface area contributed by atoms with E-state index in [4.69, 9.17) is 0 Å². The first-order valence-electron chi connectivity index (χ1n) is 7.91. The van der Waals surface area contributed by atoms with Gasteiger partial charge in [-0.15, -0.1) is 0 Å². The van der Waals surface area contributed by atoms with Crippen molar-refractivity contribution in [3.05, 3.63) is 0 Å². The maximum absolute atomic E-state index is 1.70.